The van der Waals surface area contributed by atoms with Crippen LogP contribution in [0, 0.1) is 46.3 Å². The molecule has 5 nitrogen and oxygen atoms in total. The summed E-state index contributed by atoms with van der Waals surface area (Å²) in [5, 5.41) is 8.70. The average Bonchev–Trinajstić information content (AvgIpc) is 3.33. The zero-order valence-corrected chi connectivity index (χ0v) is 29.5. The summed E-state index contributed by atoms with van der Waals surface area (Å²) < 4.78 is 6.00. The molecule has 8 atom stereocenters. The van der Waals surface area contributed by atoms with Crippen molar-refractivity contribution in [3.05, 3.63) is 11.6 Å². The van der Waals surface area contributed by atoms with E-state index < -0.39 is 5.97 Å². The number of hydrogen-bond acceptors (Lipinski definition) is 4. The minimum absolute atomic E-state index is 0.0695. The van der Waals surface area contributed by atoms with Gasteiger partial charge in [0.15, 0.2) is 5.78 Å². The number of hydrogen-bond donors (Lipinski definition) is 1. The van der Waals surface area contributed by atoms with Gasteiger partial charge in [0.25, 0.3) is 0 Å². The van der Waals surface area contributed by atoms with Gasteiger partial charge < -0.3 is 9.84 Å². The Hall–Kier alpha value is -1.65. The zero-order valence-electron chi connectivity index (χ0n) is 29.5. The van der Waals surface area contributed by atoms with E-state index in [1.165, 1.54) is 69.8 Å². The maximum atomic E-state index is 13.9. The number of esters is 1. The van der Waals surface area contributed by atoms with Gasteiger partial charge in [-0.3, -0.25) is 14.4 Å². The molecule has 4 rings (SSSR count). The fourth-order valence-corrected chi connectivity index (χ4v) is 10.5. The molecule has 3 saturated carbocycles. The van der Waals surface area contributed by atoms with E-state index in [2.05, 4.69) is 34.6 Å². The lowest BCUT2D eigenvalue weighted by Crippen LogP contribution is -2.53. The van der Waals surface area contributed by atoms with Crippen LogP contribution >= 0.6 is 0 Å². The molecule has 4 aliphatic carbocycles. The van der Waals surface area contributed by atoms with E-state index in [0.29, 0.717) is 29.5 Å². The van der Waals surface area contributed by atoms with Gasteiger partial charge in [0.1, 0.15) is 6.10 Å². The molecule has 3 fully saturated rings. The summed E-state index contributed by atoms with van der Waals surface area (Å²) in [6.45, 7) is 12.1. The second-order valence-electron chi connectivity index (χ2n) is 16.7. The molecule has 0 amide bonds. The highest BCUT2D eigenvalue weighted by Gasteiger charge is 2.61. The fourth-order valence-electron chi connectivity index (χ4n) is 10.5. The van der Waals surface area contributed by atoms with Crippen LogP contribution in [0.2, 0.25) is 0 Å². The van der Waals surface area contributed by atoms with E-state index in [4.69, 9.17) is 9.84 Å². The van der Waals surface area contributed by atoms with E-state index >= 15 is 0 Å². The highest BCUT2D eigenvalue weighted by Crippen LogP contribution is 2.66. The number of ketones is 1. The van der Waals surface area contributed by atoms with Gasteiger partial charge in [0, 0.05) is 25.2 Å². The molecule has 1 N–H and O–H groups in total. The van der Waals surface area contributed by atoms with Crippen molar-refractivity contribution in [2.75, 3.05) is 0 Å². The number of unbranched alkanes of at least 4 members (excludes halogenated alkanes) is 8. The van der Waals surface area contributed by atoms with Crippen molar-refractivity contribution in [1.82, 2.24) is 0 Å². The lowest BCUT2D eigenvalue weighted by Gasteiger charge is -2.57. The molecule has 45 heavy (non-hydrogen) atoms. The average molecular weight is 627 g/mol. The van der Waals surface area contributed by atoms with Gasteiger partial charge >= 0.3 is 11.9 Å². The molecule has 0 aromatic rings. The van der Waals surface area contributed by atoms with Crippen LogP contribution in [0.4, 0.5) is 0 Å². The van der Waals surface area contributed by atoms with E-state index in [0.717, 1.165) is 75.5 Å². The summed E-state index contributed by atoms with van der Waals surface area (Å²) in [5.74, 6) is 3.03. The monoisotopic (exact) mass is 626 g/mol. The normalized spacial score (nSPS) is 33.2. The number of carboxylic acid groups (broad SMARTS) is 1. The van der Waals surface area contributed by atoms with Crippen LogP contribution < -0.4 is 0 Å². The Morgan fingerprint density at radius 2 is 1.47 bits per heavy atom. The molecule has 0 radical (unpaired) electrons. The Bertz CT molecular complexity index is 1030. The molecular formula is C40H66O5. The molecule has 1 unspecified atom stereocenters. The lowest BCUT2D eigenvalue weighted by atomic mass is 9.46. The summed E-state index contributed by atoms with van der Waals surface area (Å²) in [4.78, 5) is 37.2. The minimum Gasteiger partial charge on any atom is -0.481 e. The number of carbonyl (C=O) groups excluding carboxylic acids is 2. The van der Waals surface area contributed by atoms with E-state index in [-0.39, 0.29) is 29.8 Å². The predicted octanol–water partition coefficient (Wildman–Crippen LogP) is 10.5. The standard InChI is InChI=1S/C40H66O5/c1-28(2)16-15-17-29(3)32-20-21-33-38-34(23-25-40(32,33)5)39(4)24-22-31(26-30(39)27-35(38)41)45-37(44)19-14-12-10-8-6-7-9-11-13-18-36(42)43/h27-29,31-34,38H,6-26H2,1-5H3,(H,42,43)/t29-,31?,32-,33+,34+,38+,39+,40-/m1/s1. The van der Waals surface area contributed by atoms with Gasteiger partial charge in [-0.2, -0.15) is 0 Å². The first kappa shape index (κ1) is 36.2. The number of carboxylic acids is 1. The fraction of sp³-hybridized carbons (Fsp3) is 0.875. The first-order chi connectivity index (χ1) is 21.5. The molecule has 0 aromatic heterocycles. The number of rotatable bonds is 18. The van der Waals surface area contributed by atoms with Crippen molar-refractivity contribution in [2.24, 2.45) is 46.3 Å². The second-order valence-corrected chi connectivity index (χ2v) is 16.7. The number of fused-ring (bicyclic) bond motifs is 5. The van der Waals surface area contributed by atoms with E-state index in [1.54, 1.807) is 0 Å². The Kier molecular flexibility index (Phi) is 13.2. The van der Waals surface area contributed by atoms with E-state index in [9.17, 15) is 14.4 Å². The smallest absolute Gasteiger partial charge is 0.306 e. The molecule has 0 saturated heterocycles. The molecule has 0 heterocycles. The van der Waals surface area contributed by atoms with Crippen molar-refractivity contribution in [1.29, 1.82) is 0 Å². The van der Waals surface area contributed by atoms with Crippen molar-refractivity contribution in [3.8, 4) is 0 Å². The van der Waals surface area contributed by atoms with E-state index in [1.807, 2.05) is 6.08 Å². The van der Waals surface area contributed by atoms with Gasteiger partial charge in [0.2, 0.25) is 0 Å². The maximum Gasteiger partial charge on any atom is 0.306 e. The van der Waals surface area contributed by atoms with Gasteiger partial charge in [-0.25, -0.2) is 0 Å². The first-order valence-corrected chi connectivity index (χ1v) is 19.1. The lowest BCUT2D eigenvalue weighted by molar-refractivity contribution is -0.152. The minimum atomic E-state index is -0.698. The van der Waals surface area contributed by atoms with Crippen molar-refractivity contribution >= 4 is 17.7 Å². The van der Waals surface area contributed by atoms with Gasteiger partial charge in [-0.05, 0) is 97.9 Å². The summed E-state index contributed by atoms with van der Waals surface area (Å²) in [6.07, 6.45) is 23.8. The molecule has 0 aromatic carbocycles. The van der Waals surface area contributed by atoms with Gasteiger partial charge in [0.05, 0.1) is 0 Å². The summed E-state index contributed by atoms with van der Waals surface area (Å²) in [7, 11) is 0. The third kappa shape index (κ3) is 9.04. The Balaban J connectivity index is 1.21. The van der Waals surface area contributed by atoms with Gasteiger partial charge in [-0.15, -0.1) is 0 Å². The Morgan fingerprint density at radius 3 is 2.11 bits per heavy atom. The van der Waals surface area contributed by atoms with Crippen molar-refractivity contribution in [2.45, 2.75) is 176 Å². The summed E-state index contributed by atoms with van der Waals surface area (Å²) in [5.41, 5.74) is 1.63. The maximum absolute atomic E-state index is 13.9. The largest absolute Gasteiger partial charge is 0.481 e. The van der Waals surface area contributed by atoms with Crippen molar-refractivity contribution < 1.29 is 24.2 Å². The zero-order chi connectivity index (χ0) is 32.6. The van der Waals surface area contributed by atoms with Crippen LogP contribution in [-0.2, 0) is 19.1 Å². The molecule has 4 aliphatic rings. The number of ether oxygens (including phenoxy) is 1. The molecule has 5 heteroatoms. The van der Waals surface area contributed by atoms with Crippen LogP contribution in [0.3, 0.4) is 0 Å². The van der Waals surface area contributed by atoms with Crippen molar-refractivity contribution in [3.63, 3.8) is 0 Å². The number of aliphatic carboxylic acids is 1. The first-order valence-electron chi connectivity index (χ1n) is 19.1. The summed E-state index contributed by atoms with van der Waals surface area (Å²) >= 11 is 0. The highest BCUT2D eigenvalue weighted by molar-refractivity contribution is 5.94. The topological polar surface area (TPSA) is 80.7 Å². The second kappa shape index (κ2) is 16.4. The number of carbonyl (C=O) groups is 3. The van der Waals surface area contributed by atoms with Crippen LogP contribution in [0.15, 0.2) is 11.6 Å². The van der Waals surface area contributed by atoms with Crippen LogP contribution in [0.1, 0.15) is 169 Å². The SMILES string of the molecule is CC(C)CCC[C@@H](C)[C@H]1CC[C@H]2[C@@H]3C(=O)C=C4CC(OC(=O)CCCCCCCCCCCC(=O)O)CC[C@]4(C)[C@H]3CC[C@]12C. The van der Waals surface area contributed by atoms with Crippen LogP contribution in [-0.4, -0.2) is 28.9 Å². The van der Waals surface area contributed by atoms with Gasteiger partial charge in [-0.1, -0.05) is 104 Å². The molecule has 256 valence electrons. The van der Waals surface area contributed by atoms with Crippen LogP contribution in [0.25, 0.3) is 0 Å². The van der Waals surface area contributed by atoms with Crippen LogP contribution in [0.5, 0.6) is 0 Å². The Morgan fingerprint density at radius 1 is 0.822 bits per heavy atom. The molecular weight excluding hydrogens is 560 g/mol. The molecule has 0 bridgehead atoms. The molecule has 0 aliphatic heterocycles. The quantitative estimate of drug-likeness (QED) is 0.121. The highest BCUT2D eigenvalue weighted by atomic mass is 16.5. The predicted molar refractivity (Wildman–Crippen MR) is 182 cm³/mol. The summed E-state index contributed by atoms with van der Waals surface area (Å²) in [6, 6.07) is 0. The Labute approximate surface area is 275 Å². The molecule has 0 spiro atoms. The number of allylic oxidation sites excluding steroid dienone is 1. The third-order valence-electron chi connectivity index (χ3n) is 13.2. The third-order valence-corrected chi connectivity index (χ3v) is 13.2.